The van der Waals surface area contributed by atoms with E-state index in [0.717, 1.165) is 24.3 Å². The van der Waals surface area contributed by atoms with E-state index in [-0.39, 0.29) is 21.5 Å². The molecule has 0 atom stereocenters. The average molecular weight is 422 g/mol. The lowest BCUT2D eigenvalue weighted by atomic mass is 9.96. The first kappa shape index (κ1) is 18.6. The summed E-state index contributed by atoms with van der Waals surface area (Å²) < 4.78 is 111. The van der Waals surface area contributed by atoms with E-state index >= 15 is 0 Å². The molecule has 0 bridgehead atoms. The normalized spacial score (nSPS) is 12.0. The van der Waals surface area contributed by atoms with E-state index in [9.17, 15) is 35.1 Å². The van der Waals surface area contributed by atoms with Crippen molar-refractivity contribution < 1.29 is 35.1 Å². The zero-order valence-electron chi connectivity index (χ0n) is 14.5. The Balaban J connectivity index is 1.93. The fraction of sp³-hybridized carbons (Fsp3) is 0. The molecule has 5 aromatic carbocycles. The Morgan fingerprint density at radius 3 is 0.667 bits per heavy atom. The second-order valence-corrected chi connectivity index (χ2v) is 6.85. The molecule has 0 aromatic heterocycles. The van der Waals surface area contributed by atoms with Crippen molar-refractivity contribution >= 4 is 43.1 Å². The molecule has 5 rings (SSSR count). The molecule has 0 aliphatic carbocycles. The molecule has 0 spiro atoms. The van der Waals surface area contributed by atoms with Crippen LogP contribution in [0.3, 0.4) is 0 Å². The maximum Gasteiger partial charge on any atom is 0.198 e. The molecular formula is C22H6F8. The van der Waals surface area contributed by atoms with Gasteiger partial charge < -0.3 is 0 Å². The maximum atomic E-state index is 14.1. The van der Waals surface area contributed by atoms with Crippen molar-refractivity contribution in [3.63, 3.8) is 0 Å². The van der Waals surface area contributed by atoms with E-state index in [1.807, 2.05) is 0 Å². The van der Waals surface area contributed by atoms with Gasteiger partial charge in [0.25, 0.3) is 0 Å². The molecule has 0 radical (unpaired) electrons. The molecule has 0 saturated heterocycles. The van der Waals surface area contributed by atoms with Gasteiger partial charge in [0, 0.05) is 21.5 Å². The lowest BCUT2D eigenvalue weighted by Crippen LogP contribution is -1.98. The van der Waals surface area contributed by atoms with E-state index < -0.39 is 68.1 Å². The van der Waals surface area contributed by atoms with Crippen molar-refractivity contribution in [2.45, 2.75) is 0 Å². The van der Waals surface area contributed by atoms with Gasteiger partial charge in [-0.2, -0.15) is 0 Å². The molecule has 8 heteroatoms. The van der Waals surface area contributed by atoms with Gasteiger partial charge >= 0.3 is 0 Å². The predicted molar refractivity (Wildman–Crippen MR) is 96.1 cm³/mol. The summed E-state index contributed by atoms with van der Waals surface area (Å²) in [5.74, 6) is -14.1. The molecule has 0 saturated carbocycles. The van der Waals surface area contributed by atoms with Crippen LogP contribution in [0.4, 0.5) is 35.1 Å². The minimum atomic E-state index is -1.96. The Morgan fingerprint density at radius 1 is 0.267 bits per heavy atom. The van der Waals surface area contributed by atoms with Gasteiger partial charge in [0.1, 0.15) is 0 Å². The van der Waals surface area contributed by atoms with Gasteiger partial charge in [-0.1, -0.05) is 0 Å². The lowest BCUT2D eigenvalue weighted by molar-refractivity contribution is 0.418. The van der Waals surface area contributed by atoms with E-state index in [0.29, 0.717) is 0 Å². The van der Waals surface area contributed by atoms with Crippen molar-refractivity contribution in [2.75, 3.05) is 0 Å². The summed E-state index contributed by atoms with van der Waals surface area (Å²) in [6.45, 7) is 0. The van der Waals surface area contributed by atoms with Gasteiger partial charge in [-0.15, -0.1) is 0 Å². The maximum absolute atomic E-state index is 14.1. The topological polar surface area (TPSA) is 0 Å². The number of rotatable bonds is 0. The lowest BCUT2D eigenvalue weighted by Gasteiger charge is -2.10. The van der Waals surface area contributed by atoms with E-state index in [2.05, 4.69) is 0 Å². The second-order valence-electron chi connectivity index (χ2n) is 6.85. The number of halogens is 8. The molecule has 30 heavy (non-hydrogen) atoms. The van der Waals surface area contributed by atoms with E-state index in [4.69, 9.17) is 0 Å². The number of hydrogen-bond acceptors (Lipinski definition) is 0. The van der Waals surface area contributed by atoms with Gasteiger partial charge in [0.05, 0.1) is 0 Å². The SMILES string of the molecule is Fc1c(F)c(F)c2cc3cc4cc5c(F)c(F)c(F)c(F)c5cc4cc3cc2c1F. The van der Waals surface area contributed by atoms with Crippen molar-refractivity contribution in [2.24, 2.45) is 0 Å². The zero-order valence-corrected chi connectivity index (χ0v) is 14.5. The minimum absolute atomic E-state index is 0.252. The molecule has 0 fully saturated rings. The third-order valence-corrected chi connectivity index (χ3v) is 5.17. The first-order valence-corrected chi connectivity index (χ1v) is 8.48. The van der Waals surface area contributed by atoms with Gasteiger partial charge in [0.15, 0.2) is 46.5 Å². The number of fused-ring (bicyclic) bond motifs is 4. The summed E-state index contributed by atoms with van der Waals surface area (Å²) >= 11 is 0. The van der Waals surface area contributed by atoms with Crippen LogP contribution in [0.15, 0.2) is 36.4 Å². The Bertz CT molecular complexity index is 1340. The standard InChI is InChI=1S/C22H6F8/c23-15-11-3-7-1-8-4-12-14(18(26)22(30)20(28)16(12)24)6-10(8)2-9(7)5-13(11)17(25)21(29)19(15)27/h1-6H. The highest BCUT2D eigenvalue weighted by molar-refractivity contribution is 6.08. The fourth-order valence-corrected chi connectivity index (χ4v) is 3.69. The van der Waals surface area contributed by atoms with Crippen LogP contribution in [0.25, 0.3) is 43.1 Å². The highest BCUT2D eigenvalue weighted by atomic mass is 19.2. The van der Waals surface area contributed by atoms with Crippen LogP contribution < -0.4 is 0 Å². The number of hydrogen-bond donors (Lipinski definition) is 0. The van der Waals surface area contributed by atoms with Crippen molar-refractivity contribution in [1.29, 1.82) is 0 Å². The molecule has 5 aromatic rings. The Kier molecular flexibility index (Phi) is 3.75. The summed E-state index contributed by atoms with van der Waals surface area (Å²) in [5.41, 5.74) is 0. The molecule has 0 amide bonds. The van der Waals surface area contributed by atoms with E-state index in [1.165, 1.54) is 12.1 Å². The molecule has 0 aliphatic rings. The minimum Gasteiger partial charge on any atom is -0.203 e. The average Bonchev–Trinajstić information content (AvgIpc) is 2.75. The summed E-state index contributed by atoms with van der Waals surface area (Å²) in [6.07, 6.45) is 0. The van der Waals surface area contributed by atoms with Crippen LogP contribution in [-0.2, 0) is 0 Å². The molecule has 0 nitrogen and oxygen atoms in total. The van der Waals surface area contributed by atoms with Gasteiger partial charge in [-0.05, 0) is 57.9 Å². The van der Waals surface area contributed by atoms with E-state index in [1.54, 1.807) is 0 Å². The molecule has 0 unspecified atom stereocenters. The number of benzene rings is 5. The van der Waals surface area contributed by atoms with Crippen LogP contribution in [0.1, 0.15) is 0 Å². The first-order chi connectivity index (χ1) is 14.2. The van der Waals surface area contributed by atoms with Crippen LogP contribution in [0, 0.1) is 46.5 Å². The molecule has 0 N–H and O–H groups in total. The molecular weight excluding hydrogens is 416 g/mol. The van der Waals surface area contributed by atoms with Crippen LogP contribution in [-0.4, -0.2) is 0 Å². The van der Waals surface area contributed by atoms with Crippen molar-refractivity contribution in [1.82, 2.24) is 0 Å². The summed E-state index contributed by atoms with van der Waals surface area (Å²) in [4.78, 5) is 0. The molecule has 0 aliphatic heterocycles. The first-order valence-electron chi connectivity index (χ1n) is 8.48. The Labute approximate surface area is 161 Å². The predicted octanol–water partition coefficient (Wildman–Crippen LogP) is 7.41. The third kappa shape index (κ3) is 2.33. The van der Waals surface area contributed by atoms with Crippen LogP contribution in [0.2, 0.25) is 0 Å². The van der Waals surface area contributed by atoms with Gasteiger partial charge in [-0.25, -0.2) is 35.1 Å². The van der Waals surface area contributed by atoms with Crippen LogP contribution in [0.5, 0.6) is 0 Å². The van der Waals surface area contributed by atoms with Crippen molar-refractivity contribution in [3.05, 3.63) is 82.9 Å². The second kappa shape index (κ2) is 6.04. The summed E-state index contributed by atoms with van der Waals surface area (Å²) in [6, 6.07) is 7.07. The molecule has 0 heterocycles. The highest BCUT2D eigenvalue weighted by Crippen LogP contribution is 2.35. The largest absolute Gasteiger partial charge is 0.203 e. The van der Waals surface area contributed by atoms with Gasteiger partial charge in [0.2, 0.25) is 0 Å². The third-order valence-electron chi connectivity index (χ3n) is 5.17. The highest BCUT2D eigenvalue weighted by Gasteiger charge is 2.22. The molecule has 150 valence electrons. The fourth-order valence-electron chi connectivity index (χ4n) is 3.69. The van der Waals surface area contributed by atoms with Gasteiger partial charge in [-0.3, -0.25) is 0 Å². The van der Waals surface area contributed by atoms with Crippen LogP contribution >= 0.6 is 0 Å². The zero-order chi connectivity index (χ0) is 21.5. The Hall–Kier alpha value is -3.42. The summed E-state index contributed by atoms with van der Waals surface area (Å²) in [5, 5.41) is -1.03. The smallest absolute Gasteiger partial charge is 0.198 e. The quantitative estimate of drug-likeness (QED) is 0.106. The summed E-state index contributed by atoms with van der Waals surface area (Å²) in [7, 11) is 0. The monoisotopic (exact) mass is 422 g/mol. The Morgan fingerprint density at radius 2 is 0.467 bits per heavy atom. The van der Waals surface area contributed by atoms with Crippen molar-refractivity contribution in [3.8, 4) is 0 Å².